The van der Waals surface area contributed by atoms with Gasteiger partial charge in [0.2, 0.25) is 5.91 Å². The van der Waals surface area contributed by atoms with Crippen molar-refractivity contribution in [3.05, 3.63) is 59.3 Å². The van der Waals surface area contributed by atoms with Crippen molar-refractivity contribution >= 4 is 28.9 Å². The minimum atomic E-state index is -0.363. The van der Waals surface area contributed by atoms with Crippen LogP contribution in [-0.4, -0.2) is 23.5 Å². The van der Waals surface area contributed by atoms with Crippen LogP contribution in [0.5, 0.6) is 0 Å². The highest BCUT2D eigenvalue weighted by molar-refractivity contribution is 7.13. The zero-order chi connectivity index (χ0) is 18.4. The van der Waals surface area contributed by atoms with Crippen LogP contribution in [0, 0.1) is 0 Å². The predicted octanol–water partition coefficient (Wildman–Crippen LogP) is 4.15. The van der Waals surface area contributed by atoms with Crippen LogP contribution in [0.4, 0.5) is 5.69 Å². The predicted molar refractivity (Wildman–Crippen MR) is 99.2 cm³/mol. The first-order chi connectivity index (χ1) is 12.7. The second-order valence-electron chi connectivity index (χ2n) is 5.56. The van der Waals surface area contributed by atoms with Crippen molar-refractivity contribution in [1.29, 1.82) is 0 Å². The summed E-state index contributed by atoms with van der Waals surface area (Å²) in [5.41, 5.74) is 1.75. The van der Waals surface area contributed by atoms with Gasteiger partial charge in [-0.25, -0.2) is 9.78 Å². The lowest BCUT2D eigenvalue weighted by molar-refractivity contribution is -0.115. The third-order valence-corrected chi connectivity index (χ3v) is 4.37. The number of aromatic nitrogens is 1. The average molecular weight is 370 g/mol. The Labute approximate surface area is 154 Å². The smallest absolute Gasteiger partial charge is 0.338 e. The van der Waals surface area contributed by atoms with Crippen LogP contribution in [0.2, 0.25) is 0 Å². The molecule has 26 heavy (non-hydrogen) atoms. The molecule has 2 aromatic heterocycles. The fraction of sp³-hybridized carbons (Fsp3) is 0.211. The van der Waals surface area contributed by atoms with Gasteiger partial charge < -0.3 is 14.5 Å². The third-order valence-electron chi connectivity index (χ3n) is 3.47. The maximum Gasteiger partial charge on any atom is 0.338 e. The van der Waals surface area contributed by atoms with Gasteiger partial charge in [-0.3, -0.25) is 4.79 Å². The fourth-order valence-electron chi connectivity index (χ4n) is 2.24. The Morgan fingerprint density at radius 3 is 2.73 bits per heavy atom. The molecule has 0 bridgehead atoms. The summed E-state index contributed by atoms with van der Waals surface area (Å²) in [6.07, 6.45) is 2.53. The summed E-state index contributed by atoms with van der Waals surface area (Å²) in [4.78, 5) is 28.3. The van der Waals surface area contributed by atoms with E-state index in [0.717, 1.165) is 11.4 Å². The lowest BCUT2D eigenvalue weighted by atomic mass is 10.2. The maximum absolute atomic E-state index is 12.2. The molecule has 0 aliphatic heterocycles. The largest absolute Gasteiger partial charge is 0.462 e. The Balaban J connectivity index is 1.56. The molecule has 7 heteroatoms. The molecular weight excluding hydrogens is 352 g/mol. The van der Waals surface area contributed by atoms with Gasteiger partial charge in [-0.2, -0.15) is 0 Å². The van der Waals surface area contributed by atoms with Crippen LogP contribution in [0.3, 0.4) is 0 Å². The molecule has 2 heterocycles. The van der Waals surface area contributed by atoms with Crippen molar-refractivity contribution in [2.75, 3.05) is 11.9 Å². The van der Waals surface area contributed by atoms with Crippen LogP contribution in [-0.2, 0) is 16.0 Å². The molecule has 0 saturated carbocycles. The van der Waals surface area contributed by atoms with E-state index in [4.69, 9.17) is 9.15 Å². The maximum atomic E-state index is 12.2. The van der Waals surface area contributed by atoms with E-state index in [0.29, 0.717) is 29.3 Å². The topological polar surface area (TPSA) is 81.4 Å². The Bertz CT molecular complexity index is 869. The summed E-state index contributed by atoms with van der Waals surface area (Å²) in [5.74, 6) is 0.146. The average Bonchev–Trinajstić information content (AvgIpc) is 3.31. The molecule has 1 amide bonds. The number of anilines is 1. The summed E-state index contributed by atoms with van der Waals surface area (Å²) in [7, 11) is 0. The molecule has 6 nitrogen and oxygen atoms in total. The van der Waals surface area contributed by atoms with Crippen molar-refractivity contribution in [2.45, 2.75) is 19.8 Å². The summed E-state index contributed by atoms with van der Waals surface area (Å²) >= 11 is 1.43. The van der Waals surface area contributed by atoms with Crippen molar-refractivity contribution in [3.63, 3.8) is 0 Å². The van der Waals surface area contributed by atoms with Gasteiger partial charge in [0.1, 0.15) is 0 Å². The van der Waals surface area contributed by atoms with Crippen molar-refractivity contribution in [1.82, 2.24) is 4.98 Å². The highest BCUT2D eigenvalue weighted by atomic mass is 32.1. The number of hydrogen-bond donors (Lipinski definition) is 1. The van der Waals surface area contributed by atoms with Crippen LogP contribution < -0.4 is 5.32 Å². The van der Waals surface area contributed by atoms with Gasteiger partial charge in [0.25, 0.3) is 0 Å². The summed E-state index contributed by atoms with van der Waals surface area (Å²) in [5, 5.41) is 5.37. The van der Waals surface area contributed by atoms with Gasteiger partial charge in [-0.05, 0) is 42.8 Å². The quantitative estimate of drug-likeness (QED) is 0.632. The molecule has 0 atom stereocenters. The van der Waals surface area contributed by atoms with Gasteiger partial charge in [0.15, 0.2) is 10.8 Å². The highest BCUT2D eigenvalue weighted by Crippen LogP contribution is 2.24. The van der Waals surface area contributed by atoms with Gasteiger partial charge in [-0.1, -0.05) is 6.92 Å². The Morgan fingerprint density at radius 1 is 1.23 bits per heavy atom. The molecule has 0 aliphatic rings. The van der Waals surface area contributed by atoms with Crippen LogP contribution in [0.15, 0.2) is 52.5 Å². The van der Waals surface area contributed by atoms with E-state index in [1.54, 1.807) is 36.6 Å². The number of hydrogen-bond acceptors (Lipinski definition) is 6. The lowest BCUT2D eigenvalue weighted by Crippen LogP contribution is -2.14. The SMILES string of the molecule is CCCOC(=O)c1ccc(NC(=O)Cc2csc(-c3ccco3)n2)cc1. The van der Waals surface area contributed by atoms with Crippen LogP contribution in [0.25, 0.3) is 10.8 Å². The fourth-order valence-corrected chi connectivity index (χ4v) is 3.02. The number of rotatable bonds is 7. The zero-order valence-electron chi connectivity index (χ0n) is 14.2. The zero-order valence-corrected chi connectivity index (χ0v) is 15.0. The van der Waals surface area contributed by atoms with Crippen LogP contribution in [0.1, 0.15) is 29.4 Å². The van der Waals surface area contributed by atoms with Gasteiger partial charge in [-0.15, -0.1) is 11.3 Å². The first-order valence-corrected chi connectivity index (χ1v) is 9.09. The number of carbonyl (C=O) groups is 2. The molecular formula is C19H18N2O4S. The number of carbonyl (C=O) groups excluding carboxylic acids is 2. The Kier molecular flexibility index (Phi) is 5.80. The standard InChI is InChI=1S/C19H18N2O4S/c1-2-9-25-19(23)13-5-7-14(8-6-13)20-17(22)11-15-12-26-18(21-15)16-4-3-10-24-16/h3-8,10,12H,2,9,11H2,1H3,(H,20,22). The number of esters is 1. The molecule has 3 rings (SSSR count). The van der Waals surface area contributed by atoms with E-state index in [2.05, 4.69) is 10.3 Å². The number of benzene rings is 1. The summed E-state index contributed by atoms with van der Waals surface area (Å²) in [6, 6.07) is 10.2. The molecule has 0 saturated heterocycles. The number of thiazole rings is 1. The van der Waals surface area contributed by atoms with Gasteiger partial charge in [0.05, 0.1) is 30.5 Å². The molecule has 0 radical (unpaired) electrons. The lowest BCUT2D eigenvalue weighted by Gasteiger charge is -2.06. The van der Waals surface area contributed by atoms with Crippen molar-refractivity contribution in [2.24, 2.45) is 0 Å². The van der Waals surface area contributed by atoms with Crippen molar-refractivity contribution in [3.8, 4) is 10.8 Å². The number of nitrogens with one attached hydrogen (secondary N) is 1. The van der Waals surface area contributed by atoms with E-state index < -0.39 is 0 Å². The molecule has 0 aliphatic carbocycles. The molecule has 0 fully saturated rings. The third kappa shape index (κ3) is 4.58. The second-order valence-corrected chi connectivity index (χ2v) is 6.42. The molecule has 1 N–H and O–H groups in total. The van der Waals surface area contributed by atoms with E-state index in [1.165, 1.54) is 11.3 Å². The van der Waals surface area contributed by atoms with Gasteiger partial charge >= 0.3 is 5.97 Å². The van der Waals surface area contributed by atoms with E-state index >= 15 is 0 Å². The summed E-state index contributed by atoms with van der Waals surface area (Å²) < 4.78 is 10.4. The highest BCUT2D eigenvalue weighted by Gasteiger charge is 2.11. The van der Waals surface area contributed by atoms with E-state index in [9.17, 15) is 9.59 Å². The van der Waals surface area contributed by atoms with Gasteiger partial charge in [0, 0.05) is 11.1 Å². The molecule has 3 aromatic rings. The van der Waals surface area contributed by atoms with E-state index in [1.807, 2.05) is 18.4 Å². The number of nitrogens with zero attached hydrogens (tertiary/aromatic N) is 1. The molecule has 1 aromatic carbocycles. The monoisotopic (exact) mass is 370 g/mol. The number of furan rings is 1. The first kappa shape index (κ1) is 17.9. The molecule has 0 spiro atoms. The number of amides is 1. The molecule has 0 unspecified atom stereocenters. The minimum Gasteiger partial charge on any atom is -0.462 e. The van der Waals surface area contributed by atoms with Crippen LogP contribution >= 0.6 is 11.3 Å². The van der Waals surface area contributed by atoms with Crippen molar-refractivity contribution < 1.29 is 18.7 Å². The first-order valence-electron chi connectivity index (χ1n) is 8.21. The van der Waals surface area contributed by atoms with E-state index in [-0.39, 0.29) is 18.3 Å². The Morgan fingerprint density at radius 2 is 2.04 bits per heavy atom. The Hall–Kier alpha value is -2.93. The second kappa shape index (κ2) is 8.44. The number of ether oxygens (including phenoxy) is 1. The molecule has 134 valence electrons. The minimum absolute atomic E-state index is 0.164. The normalized spacial score (nSPS) is 10.5. The summed E-state index contributed by atoms with van der Waals surface area (Å²) in [6.45, 7) is 2.33.